The van der Waals surface area contributed by atoms with E-state index in [4.69, 9.17) is 0 Å². The highest BCUT2D eigenvalue weighted by Crippen LogP contribution is 2.67. The van der Waals surface area contributed by atoms with Crippen molar-refractivity contribution < 1.29 is 10.2 Å². The number of aliphatic hydroxyl groups excluding tert-OH is 2. The van der Waals surface area contributed by atoms with Crippen LogP contribution < -0.4 is 0 Å². The molecule has 132 valence electrons. The highest BCUT2D eigenvalue weighted by molar-refractivity contribution is 8.68. The van der Waals surface area contributed by atoms with Gasteiger partial charge in [-0.15, -0.1) is 11.7 Å². The topological polar surface area (TPSA) is 40.5 Å². The van der Waals surface area contributed by atoms with E-state index in [-0.39, 0.29) is 17.6 Å². The lowest BCUT2D eigenvalue weighted by molar-refractivity contribution is -0.130. The molecule has 0 aromatic rings. The molecule has 0 heterocycles. The number of rotatable bonds is 1. The predicted octanol–water partition coefficient (Wildman–Crippen LogP) is 4.31. The second-order valence-electron chi connectivity index (χ2n) is 9.37. The van der Waals surface area contributed by atoms with Crippen molar-refractivity contribution in [2.24, 2.45) is 34.5 Å². The van der Waals surface area contributed by atoms with Crippen molar-refractivity contribution in [3.05, 3.63) is 0 Å². The normalized spacial score (nSPS) is 59.1. The van der Waals surface area contributed by atoms with Crippen molar-refractivity contribution in [3.63, 3.8) is 0 Å². The zero-order valence-corrected chi connectivity index (χ0v) is 16.2. The van der Waals surface area contributed by atoms with Crippen molar-refractivity contribution in [1.29, 1.82) is 0 Å². The van der Waals surface area contributed by atoms with Crippen LogP contribution in [0.4, 0.5) is 0 Å². The Balaban J connectivity index is 1.67. The molecule has 0 spiro atoms. The average Bonchev–Trinajstić information content (AvgIpc) is 2.83. The van der Waals surface area contributed by atoms with E-state index in [0.29, 0.717) is 22.5 Å². The molecule has 4 aliphatic rings. The maximum absolute atomic E-state index is 10.6. The summed E-state index contributed by atoms with van der Waals surface area (Å²) in [5.74, 6) is 2.92. The summed E-state index contributed by atoms with van der Waals surface area (Å²) in [6, 6.07) is 0. The highest BCUT2D eigenvalue weighted by atomic mass is 33.1. The SMILES string of the molecule is C[C@]12C(CC[C@@H]3[C@@H]1CC[C@]1(C)[C@@H](O)CC[C@@H]31)C[C@H](O)CC2SS. The lowest BCUT2D eigenvalue weighted by Gasteiger charge is -2.62. The van der Waals surface area contributed by atoms with Crippen molar-refractivity contribution >= 4 is 22.5 Å². The molecule has 4 aliphatic carbocycles. The van der Waals surface area contributed by atoms with Crippen LogP contribution in [-0.2, 0) is 0 Å². The van der Waals surface area contributed by atoms with Crippen LogP contribution in [-0.4, -0.2) is 27.7 Å². The third-order valence-electron chi connectivity index (χ3n) is 8.78. The zero-order valence-electron chi connectivity index (χ0n) is 14.4. The van der Waals surface area contributed by atoms with Crippen LogP contribution in [0.25, 0.3) is 0 Å². The van der Waals surface area contributed by atoms with Gasteiger partial charge in [0, 0.05) is 5.25 Å². The smallest absolute Gasteiger partial charge is 0.0596 e. The molecular formula is C19H32O2S2. The molecule has 9 atom stereocenters. The van der Waals surface area contributed by atoms with Crippen molar-refractivity contribution in [1.82, 2.24) is 0 Å². The Bertz CT molecular complexity index is 462. The van der Waals surface area contributed by atoms with Gasteiger partial charge in [-0.25, -0.2) is 0 Å². The van der Waals surface area contributed by atoms with Crippen LogP contribution in [0, 0.1) is 34.5 Å². The molecule has 4 fully saturated rings. The summed E-state index contributed by atoms with van der Waals surface area (Å²) in [6.07, 6.45) is 8.96. The Morgan fingerprint density at radius 1 is 0.957 bits per heavy atom. The van der Waals surface area contributed by atoms with Crippen LogP contribution in [0.15, 0.2) is 0 Å². The van der Waals surface area contributed by atoms with Crippen LogP contribution in [0.2, 0.25) is 0 Å². The Hall–Kier alpha value is 0.620. The maximum atomic E-state index is 10.6. The monoisotopic (exact) mass is 356 g/mol. The van der Waals surface area contributed by atoms with Gasteiger partial charge in [0.25, 0.3) is 0 Å². The Morgan fingerprint density at radius 3 is 2.48 bits per heavy atom. The van der Waals surface area contributed by atoms with Gasteiger partial charge in [0.05, 0.1) is 12.2 Å². The molecule has 0 aromatic heterocycles. The van der Waals surface area contributed by atoms with Gasteiger partial charge >= 0.3 is 0 Å². The molecular weight excluding hydrogens is 324 g/mol. The maximum Gasteiger partial charge on any atom is 0.0596 e. The third kappa shape index (κ3) is 2.30. The Labute approximate surface area is 150 Å². The van der Waals surface area contributed by atoms with Crippen molar-refractivity contribution in [2.45, 2.75) is 82.7 Å². The number of hydrogen-bond acceptors (Lipinski definition) is 4. The molecule has 23 heavy (non-hydrogen) atoms. The molecule has 2 nitrogen and oxygen atoms in total. The number of aliphatic hydroxyl groups is 2. The predicted molar refractivity (Wildman–Crippen MR) is 99.5 cm³/mol. The second kappa shape index (κ2) is 5.82. The van der Waals surface area contributed by atoms with Crippen LogP contribution in [0.5, 0.6) is 0 Å². The quantitative estimate of drug-likeness (QED) is 0.484. The number of fused-ring (bicyclic) bond motifs is 5. The molecule has 0 aromatic carbocycles. The second-order valence-corrected chi connectivity index (χ2v) is 10.8. The van der Waals surface area contributed by atoms with E-state index in [1.807, 2.05) is 0 Å². The van der Waals surface area contributed by atoms with Gasteiger partial charge in [-0.2, -0.15) is 0 Å². The minimum Gasteiger partial charge on any atom is -0.393 e. The summed E-state index contributed by atoms with van der Waals surface area (Å²) in [5.41, 5.74) is 0.492. The minimum absolute atomic E-state index is 0.0813. The van der Waals surface area contributed by atoms with Crippen molar-refractivity contribution in [2.75, 3.05) is 0 Å². The Kier molecular flexibility index (Phi) is 4.32. The van der Waals surface area contributed by atoms with Crippen molar-refractivity contribution in [3.8, 4) is 0 Å². The molecule has 2 N–H and O–H groups in total. The van der Waals surface area contributed by atoms with E-state index < -0.39 is 0 Å². The first-order chi connectivity index (χ1) is 10.9. The third-order valence-corrected chi connectivity index (χ3v) is 10.5. The summed E-state index contributed by atoms with van der Waals surface area (Å²) in [6.45, 7) is 4.87. The lowest BCUT2D eigenvalue weighted by atomic mass is 9.45. The molecule has 0 amide bonds. The van der Waals surface area contributed by atoms with E-state index in [9.17, 15) is 10.2 Å². The van der Waals surface area contributed by atoms with E-state index in [0.717, 1.165) is 31.1 Å². The minimum atomic E-state index is -0.128. The Morgan fingerprint density at radius 2 is 1.74 bits per heavy atom. The van der Waals surface area contributed by atoms with Crippen LogP contribution in [0.3, 0.4) is 0 Å². The first-order valence-corrected chi connectivity index (χ1v) is 11.5. The van der Waals surface area contributed by atoms with Crippen LogP contribution in [0.1, 0.15) is 65.2 Å². The molecule has 4 rings (SSSR count). The summed E-state index contributed by atoms with van der Waals surface area (Å²) in [7, 11) is 1.70. The van der Waals surface area contributed by atoms with Gasteiger partial charge < -0.3 is 10.2 Å². The summed E-state index contributed by atoms with van der Waals surface area (Å²) in [5, 5.41) is 21.3. The van der Waals surface area contributed by atoms with Gasteiger partial charge in [-0.05, 0) is 85.9 Å². The molecule has 0 saturated heterocycles. The van der Waals surface area contributed by atoms with E-state index >= 15 is 0 Å². The first kappa shape index (κ1) is 17.1. The van der Waals surface area contributed by atoms with E-state index in [1.165, 1.54) is 32.1 Å². The van der Waals surface area contributed by atoms with Crippen LogP contribution >= 0.6 is 22.5 Å². The molecule has 2 unspecified atom stereocenters. The molecule has 0 aliphatic heterocycles. The van der Waals surface area contributed by atoms with Gasteiger partial charge in [-0.3, -0.25) is 0 Å². The van der Waals surface area contributed by atoms with Gasteiger partial charge in [0.2, 0.25) is 0 Å². The highest BCUT2D eigenvalue weighted by Gasteiger charge is 2.62. The number of hydrogen-bond donors (Lipinski definition) is 3. The summed E-state index contributed by atoms with van der Waals surface area (Å²) in [4.78, 5) is 0. The van der Waals surface area contributed by atoms with E-state index in [2.05, 4.69) is 25.5 Å². The largest absolute Gasteiger partial charge is 0.393 e. The van der Waals surface area contributed by atoms with Gasteiger partial charge in [0.1, 0.15) is 0 Å². The zero-order chi connectivity index (χ0) is 16.4. The summed E-state index contributed by atoms with van der Waals surface area (Å²) >= 11 is 4.60. The number of thiol groups is 1. The van der Waals surface area contributed by atoms with Gasteiger partial charge in [0.15, 0.2) is 0 Å². The summed E-state index contributed by atoms with van der Waals surface area (Å²) < 4.78 is 0. The van der Waals surface area contributed by atoms with Gasteiger partial charge in [-0.1, -0.05) is 24.6 Å². The molecule has 0 radical (unpaired) electrons. The average molecular weight is 357 g/mol. The molecule has 0 bridgehead atoms. The standard InChI is InChI=1S/C19H32O2S2/c1-18-8-7-15-13(14(18)5-6-16(18)21)4-3-11-9-12(20)10-17(23-22)19(11,15)2/h11-17,20-22H,3-10H2,1-2H3/t11?,12-,13-,14-,15-,16-,17?,18-,19-/m0/s1. The van der Waals surface area contributed by atoms with E-state index in [1.54, 1.807) is 10.8 Å². The lowest BCUT2D eigenvalue weighted by Crippen LogP contribution is -2.58. The fourth-order valence-corrected chi connectivity index (χ4v) is 9.24. The molecule has 4 saturated carbocycles. The fourth-order valence-electron chi connectivity index (χ4n) is 7.40. The first-order valence-electron chi connectivity index (χ1n) is 9.57. The molecule has 4 heteroatoms. The fraction of sp³-hybridized carbons (Fsp3) is 1.00.